The van der Waals surface area contributed by atoms with Gasteiger partial charge in [-0.15, -0.1) is 0 Å². The van der Waals surface area contributed by atoms with Gasteiger partial charge in [0.2, 0.25) is 0 Å². The fourth-order valence-electron chi connectivity index (χ4n) is 3.61. The Morgan fingerprint density at radius 2 is 0.889 bits per heavy atom. The Kier molecular flexibility index (Phi) is 19.2. The van der Waals surface area contributed by atoms with E-state index in [4.69, 9.17) is 5.73 Å². The van der Waals surface area contributed by atoms with Crippen LogP contribution in [0.2, 0.25) is 0 Å². The molecule has 0 bridgehead atoms. The van der Waals surface area contributed by atoms with Crippen LogP contribution < -0.4 is 11.1 Å². The maximum atomic E-state index is 6.10. The Hall–Kier alpha value is -0.0800. The molecule has 2 nitrogen and oxygen atoms in total. The van der Waals surface area contributed by atoms with Crippen molar-refractivity contribution >= 4 is 0 Å². The third-order valence-corrected chi connectivity index (χ3v) is 6.10. The summed E-state index contributed by atoms with van der Waals surface area (Å²) < 4.78 is 0. The molecule has 164 valence electrons. The molecular weight excluding hydrogens is 328 g/mol. The molecule has 0 aromatic carbocycles. The average Bonchev–Trinajstić information content (AvgIpc) is 2.62. The molecule has 0 fully saturated rings. The lowest BCUT2D eigenvalue weighted by atomic mass is 9.97. The summed E-state index contributed by atoms with van der Waals surface area (Å²) in [4.78, 5) is 0. The molecule has 0 aliphatic heterocycles. The van der Waals surface area contributed by atoms with Crippen molar-refractivity contribution < 1.29 is 0 Å². The van der Waals surface area contributed by atoms with Crippen molar-refractivity contribution in [2.24, 2.45) is 5.73 Å². The summed E-state index contributed by atoms with van der Waals surface area (Å²) in [6.07, 6.45) is 25.9. The summed E-state index contributed by atoms with van der Waals surface area (Å²) >= 11 is 0. The number of rotatable bonds is 21. The van der Waals surface area contributed by atoms with Gasteiger partial charge in [-0.1, -0.05) is 116 Å². The minimum absolute atomic E-state index is 0.117. The van der Waals surface area contributed by atoms with E-state index in [0.717, 1.165) is 6.54 Å². The van der Waals surface area contributed by atoms with Crippen LogP contribution in [0.3, 0.4) is 0 Å². The molecule has 0 saturated carbocycles. The quantitative estimate of drug-likeness (QED) is 0.199. The molecule has 1 atom stereocenters. The number of unbranched alkanes of at least 4 members (excludes halogenated alkanes) is 17. The lowest BCUT2D eigenvalue weighted by Gasteiger charge is -2.28. The SMILES string of the molecule is CCCCCCCCCCCCCCCCCCCCNC(C)C(C)(C)N. The predicted octanol–water partition coefficient (Wildman–Crippen LogP) is 7.74. The third-order valence-electron chi connectivity index (χ3n) is 6.10. The Labute approximate surface area is 172 Å². The Morgan fingerprint density at radius 1 is 0.593 bits per heavy atom. The van der Waals surface area contributed by atoms with Gasteiger partial charge in [-0.05, 0) is 33.7 Å². The zero-order valence-corrected chi connectivity index (χ0v) is 19.6. The van der Waals surface area contributed by atoms with Gasteiger partial charge in [0.05, 0.1) is 0 Å². The van der Waals surface area contributed by atoms with Crippen molar-refractivity contribution in [2.75, 3.05) is 6.54 Å². The summed E-state index contributed by atoms with van der Waals surface area (Å²) in [6.45, 7) is 9.79. The highest BCUT2D eigenvalue weighted by Gasteiger charge is 2.18. The molecule has 27 heavy (non-hydrogen) atoms. The van der Waals surface area contributed by atoms with Crippen LogP contribution in [-0.2, 0) is 0 Å². The lowest BCUT2D eigenvalue weighted by molar-refractivity contribution is 0.360. The molecule has 0 radical (unpaired) electrons. The monoisotopic (exact) mass is 382 g/mol. The molecule has 0 spiro atoms. The summed E-state index contributed by atoms with van der Waals surface area (Å²) in [5.41, 5.74) is 5.98. The van der Waals surface area contributed by atoms with Crippen LogP contribution >= 0.6 is 0 Å². The first-order valence-corrected chi connectivity index (χ1v) is 12.5. The lowest BCUT2D eigenvalue weighted by Crippen LogP contribution is -2.51. The van der Waals surface area contributed by atoms with Gasteiger partial charge in [0, 0.05) is 11.6 Å². The van der Waals surface area contributed by atoms with E-state index in [1.807, 2.05) is 0 Å². The number of hydrogen-bond donors (Lipinski definition) is 2. The van der Waals surface area contributed by atoms with Gasteiger partial charge in [0.1, 0.15) is 0 Å². The summed E-state index contributed by atoms with van der Waals surface area (Å²) in [6, 6.07) is 0.392. The molecule has 0 heterocycles. The summed E-state index contributed by atoms with van der Waals surface area (Å²) in [5, 5.41) is 3.55. The normalized spacial score (nSPS) is 13.2. The van der Waals surface area contributed by atoms with E-state index < -0.39 is 0 Å². The molecule has 0 aromatic rings. The van der Waals surface area contributed by atoms with E-state index in [9.17, 15) is 0 Å². The van der Waals surface area contributed by atoms with E-state index in [1.54, 1.807) is 0 Å². The van der Waals surface area contributed by atoms with Crippen molar-refractivity contribution in [2.45, 2.75) is 155 Å². The Morgan fingerprint density at radius 3 is 1.19 bits per heavy atom. The van der Waals surface area contributed by atoms with Crippen LogP contribution in [0.5, 0.6) is 0 Å². The molecular formula is C25H54N2. The topological polar surface area (TPSA) is 38.0 Å². The first-order valence-electron chi connectivity index (χ1n) is 12.5. The number of hydrogen-bond acceptors (Lipinski definition) is 2. The van der Waals surface area contributed by atoms with E-state index in [-0.39, 0.29) is 5.54 Å². The molecule has 0 aromatic heterocycles. The molecule has 0 aliphatic carbocycles. The molecule has 0 amide bonds. The van der Waals surface area contributed by atoms with Crippen LogP contribution in [0, 0.1) is 0 Å². The summed E-state index contributed by atoms with van der Waals surface area (Å²) in [5.74, 6) is 0. The highest BCUT2D eigenvalue weighted by atomic mass is 15.0. The van der Waals surface area contributed by atoms with Crippen LogP contribution in [0.15, 0.2) is 0 Å². The van der Waals surface area contributed by atoms with Crippen LogP contribution in [0.1, 0.15) is 143 Å². The van der Waals surface area contributed by atoms with Gasteiger partial charge in [0.25, 0.3) is 0 Å². The largest absolute Gasteiger partial charge is 0.324 e. The zero-order valence-electron chi connectivity index (χ0n) is 19.6. The van der Waals surface area contributed by atoms with Gasteiger partial charge in [-0.25, -0.2) is 0 Å². The standard InChI is InChI=1S/C25H54N2/c1-5-6-7-8-9-10-11-12-13-14-15-16-17-18-19-20-21-22-23-27-24(2)25(3,4)26/h24,27H,5-23,26H2,1-4H3. The number of nitrogens with two attached hydrogens (primary N) is 1. The second-order valence-electron chi connectivity index (χ2n) is 9.51. The molecule has 0 aliphatic rings. The van der Waals surface area contributed by atoms with Gasteiger partial charge in [-0.2, -0.15) is 0 Å². The van der Waals surface area contributed by atoms with Gasteiger partial charge in [-0.3, -0.25) is 0 Å². The molecule has 2 heteroatoms. The second kappa shape index (κ2) is 19.2. The molecule has 0 saturated heterocycles. The first-order chi connectivity index (χ1) is 13.0. The van der Waals surface area contributed by atoms with E-state index in [0.29, 0.717) is 6.04 Å². The van der Waals surface area contributed by atoms with Crippen LogP contribution in [0.4, 0.5) is 0 Å². The van der Waals surface area contributed by atoms with Gasteiger partial charge >= 0.3 is 0 Å². The Bertz CT molecular complexity index is 283. The van der Waals surface area contributed by atoms with E-state index >= 15 is 0 Å². The molecule has 1 unspecified atom stereocenters. The van der Waals surface area contributed by atoms with E-state index in [2.05, 4.69) is 33.0 Å². The predicted molar refractivity (Wildman–Crippen MR) is 125 cm³/mol. The van der Waals surface area contributed by atoms with Crippen molar-refractivity contribution in [3.05, 3.63) is 0 Å². The van der Waals surface area contributed by atoms with Crippen LogP contribution in [0.25, 0.3) is 0 Å². The van der Waals surface area contributed by atoms with E-state index in [1.165, 1.54) is 116 Å². The first kappa shape index (κ1) is 26.9. The maximum Gasteiger partial charge on any atom is 0.0249 e. The highest BCUT2D eigenvalue weighted by Crippen LogP contribution is 2.14. The third kappa shape index (κ3) is 20.5. The maximum absolute atomic E-state index is 6.10. The molecule has 3 N–H and O–H groups in total. The van der Waals surface area contributed by atoms with Gasteiger partial charge < -0.3 is 11.1 Å². The van der Waals surface area contributed by atoms with Crippen molar-refractivity contribution in [3.8, 4) is 0 Å². The zero-order chi connectivity index (χ0) is 20.2. The number of nitrogens with one attached hydrogen (secondary N) is 1. The second-order valence-corrected chi connectivity index (χ2v) is 9.51. The van der Waals surface area contributed by atoms with Crippen molar-refractivity contribution in [1.82, 2.24) is 5.32 Å². The van der Waals surface area contributed by atoms with Gasteiger partial charge in [0.15, 0.2) is 0 Å². The minimum Gasteiger partial charge on any atom is -0.324 e. The fraction of sp³-hybridized carbons (Fsp3) is 1.00. The van der Waals surface area contributed by atoms with Crippen molar-refractivity contribution in [3.63, 3.8) is 0 Å². The summed E-state index contributed by atoms with van der Waals surface area (Å²) in [7, 11) is 0. The van der Waals surface area contributed by atoms with Crippen molar-refractivity contribution in [1.29, 1.82) is 0 Å². The smallest absolute Gasteiger partial charge is 0.0249 e. The minimum atomic E-state index is -0.117. The molecule has 0 rings (SSSR count). The highest BCUT2D eigenvalue weighted by molar-refractivity contribution is 4.84. The average molecular weight is 383 g/mol. The fourth-order valence-corrected chi connectivity index (χ4v) is 3.61. The van der Waals surface area contributed by atoms with Crippen LogP contribution in [-0.4, -0.2) is 18.1 Å². The Balaban J connectivity index is 3.09.